The Hall–Kier alpha value is -0.700. The first-order valence-corrected chi connectivity index (χ1v) is 11.0. The predicted molar refractivity (Wildman–Crippen MR) is 79.7 cm³/mol. The molecule has 0 atom stereocenters. The van der Waals surface area contributed by atoms with E-state index in [0.717, 1.165) is 12.5 Å². The first-order chi connectivity index (χ1) is 11.7. The average Bonchev–Trinajstić information content (AvgIpc) is 2.41. The van der Waals surface area contributed by atoms with E-state index < -0.39 is 55.2 Å². The van der Waals surface area contributed by atoms with E-state index in [2.05, 4.69) is 3.63 Å². The van der Waals surface area contributed by atoms with Gasteiger partial charge in [0.05, 0.1) is 5.75 Å². The van der Waals surface area contributed by atoms with Crippen molar-refractivity contribution in [2.45, 2.75) is 49.5 Å². The van der Waals surface area contributed by atoms with Crippen molar-refractivity contribution in [1.29, 1.82) is 0 Å². The zero-order valence-corrected chi connectivity index (χ0v) is 15.8. The summed E-state index contributed by atoms with van der Waals surface area (Å²) in [6.45, 7) is 1.69. The van der Waals surface area contributed by atoms with Crippen LogP contribution in [-0.4, -0.2) is 55.7 Å². The molecule has 0 saturated heterocycles. The zero-order valence-electron chi connectivity index (χ0n) is 14.2. The second kappa shape index (κ2) is 7.97. The van der Waals surface area contributed by atoms with Gasteiger partial charge in [-0.1, -0.05) is 13.3 Å². The van der Waals surface area contributed by atoms with Crippen molar-refractivity contribution in [3.8, 4) is 0 Å². The van der Waals surface area contributed by atoms with Crippen molar-refractivity contribution in [3.05, 3.63) is 0 Å². The molecule has 164 valence electrons. The summed E-state index contributed by atoms with van der Waals surface area (Å²) in [4.78, 5) is 11.6. The van der Waals surface area contributed by atoms with Gasteiger partial charge < -0.3 is 0 Å². The Labute approximate surface area is 151 Å². The maximum absolute atomic E-state index is 13.6. The molecule has 0 bridgehead atoms. The van der Waals surface area contributed by atoms with Crippen LogP contribution in [0, 0.1) is 0 Å². The van der Waals surface area contributed by atoms with Crippen LogP contribution in [0.5, 0.6) is 0 Å². The third kappa shape index (κ3) is 5.43. The van der Waals surface area contributed by atoms with Crippen LogP contribution >= 0.6 is 10.3 Å². The van der Waals surface area contributed by atoms with E-state index in [-0.39, 0.29) is 6.42 Å². The fourth-order valence-corrected chi connectivity index (χ4v) is 5.50. The number of rotatable bonds is 10. The predicted octanol–water partition coefficient (Wildman–Crippen LogP) is 4.50. The molecular formula is C12H17F9O4S2. The molecule has 0 heterocycles. The minimum absolute atomic E-state index is 0.116. The van der Waals surface area contributed by atoms with Gasteiger partial charge in [-0.15, -0.1) is 10.3 Å². The zero-order chi connectivity index (χ0) is 22.1. The minimum Gasteiger partial charge on any atom is -0.299 e. The highest BCUT2D eigenvalue weighted by atomic mass is 32.3. The second-order valence-corrected chi connectivity index (χ2v) is 11.0. The van der Waals surface area contributed by atoms with E-state index in [4.69, 9.17) is 0 Å². The van der Waals surface area contributed by atoms with Gasteiger partial charge in [-0.3, -0.25) is 4.79 Å². The van der Waals surface area contributed by atoms with Crippen LogP contribution < -0.4 is 0 Å². The van der Waals surface area contributed by atoms with Crippen molar-refractivity contribution >= 4 is 26.2 Å². The van der Waals surface area contributed by atoms with E-state index in [1.165, 1.54) is 0 Å². The lowest BCUT2D eigenvalue weighted by molar-refractivity contribution is -0.382. The van der Waals surface area contributed by atoms with Crippen molar-refractivity contribution in [2.75, 3.05) is 18.3 Å². The fourth-order valence-electron chi connectivity index (χ4n) is 1.66. The summed E-state index contributed by atoms with van der Waals surface area (Å²) < 4.78 is 142. The Bertz CT molecular complexity index is 642. The number of halogens is 9. The molecule has 0 radical (unpaired) electrons. The van der Waals surface area contributed by atoms with Gasteiger partial charge in [0.1, 0.15) is 5.78 Å². The summed E-state index contributed by atoms with van der Waals surface area (Å²) in [7, 11) is -10.3. The molecule has 0 saturated carbocycles. The molecule has 27 heavy (non-hydrogen) atoms. The van der Waals surface area contributed by atoms with Gasteiger partial charge in [-0.2, -0.15) is 47.9 Å². The smallest absolute Gasteiger partial charge is 0.299 e. The highest BCUT2D eigenvalue weighted by Crippen LogP contribution is 2.57. The lowest BCUT2D eigenvalue weighted by Crippen LogP contribution is -2.63. The molecular weight excluding hydrogens is 443 g/mol. The molecule has 0 rings (SSSR count). The third-order valence-electron chi connectivity index (χ3n) is 3.02. The molecule has 0 amide bonds. The summed E-state index contributed by atoms with van der Waals surface area (Å²) in [6, 6.07) is 0. The first kappa shape index (κ1) is 26.3. The maximum atomic E-state index is 13.6. The standard InChI is InChI=1S/C12H17F9O4S2/c1-4-5-6-8(22)7-26(2,3)25-27(23,24)12(20,21)10(15,16)9(13,14)11(17,18)19/h4-7H2,1-3H3. The Balaban J connectivity index is 5.76. The number of ketones is 1. The number of carbonyl (C=O) groups is 1. The Kier molecular flexibility index (Phi) is 7.76. The Morgan fingerprint density at radius 2 is 1.33 bits per heavy atom. The highest BCUT2D eigenvalue weighted by Gasteiger charge is 2.86. The number of alkyl halides is 9. The summed E-state index contributed by atoms with van der Waals surface area (Å²) in [5.74, 6) is -16.2. The van der Waals surface area contributed by atoms with Crippen LogP contribution in [0.3, 0.4) is 0 Å². The second-order valence-electron chi connectivity index (χ2n) is 5.91. The molecule has 0 aliphatic heterocycles. The lowest BCUT2D eigenvalue weighted by Gasteiger charge is -2.35. The average molecular weight is 460 g/mol. The van der Waals surface area contributed by atoms with Crippen molar-refractivity contribution in [1.82, 2.24) is 0 Å². The first-order valence-electron chi connectivity index (χ1n) is 7.05. The molecule has 0 aliphatic carbocycles. The molecule has 0 fully saturated rings. The normalized spacial score (nSPS) is 15.7. The van der Waals surface area contributed by atoms with E-state index in [1.807, 2.05) is 0 Å². The Morgan fingerprint density at radius 3 is 1.70 bits per heavy atom. The Morgan fingerprint density at radius 1 is 0.889 bits per heavy atom. The summed E-state index contributed by atoms with van der Waals surface area (Å²) in [6.07, 6.45) is -4.83. The summed E-state index contributed by atoms with van der Waals surface area (Å²) in [5.41, 5.74) is 0. The van der Waals surface area contributed by atoms with E-state index in [9.17, 15) is 52.7 Å². The lowest BCUT2D eigenvalue weighted by atomic mass is 10.1. The largest absolute Gasteiger partial charge is 0.460 e. The number of carbonyl (C=O) groups excluding carboxylic acids is 1. The molecule has 0 aromatic heterocycles. The molecule has 0 aromatic rings. The highest BCUT2D eigenvalue weighted by molar-refractivity contribution is 8.32. The van der Waals surface area contributed by atoms with E-state index >= 15 is 0 Å². The van der Waals surface area contributed by atoms with Crippen LogP contribution in [0.15, 0.2) is 0 Å². The van der Waals surface area contributed by atoms with Crippen molar-refractivity contribution < 1.29 is 56.4 Å². The summed E-state index contributed by atoms with van der Waals surface area (Å²) in [5, 5.41) is -6.92. The van der Waals surface area contributed by atoms with Gasteiger partial charge >= 0.3 is 33.4 Å². The van der Waals surface area contributed by atoms with Crippen LogP contribution in [0.25, 0.3) is 0 Å². The summed E-state index contributed by atoms with van der Waals surface area (Å²) >= 11 is 0. The van der Waals surface area contributed by atoms with Gasteiger partial charge in [-0.25, -0.2) is 3.63 Å². The van der Waals surface area contributed by atoms with Gasteiger partial charge in [0.2, 0.25) is 0 Å². The van der Waals surface area contributed by atoms with Crippen molar-refractivity contribution in [3.63, 3.8) is 0 Å². The van der Waals surface area contributed by atoms with Gasteiger partial charge in [0.15, 0.2) is 0 Å². The molecule has 0 unspecified atom stereocenters. The number of hydrogen-bond donors (Lipinski definition) is 0. The maximum Gasteiger partial charge on any atom is 0.460 e. The van der Waals surface area contributed by atoms with Crippen LogP contribution in [0.2, 0.25) is 0 Å². The van der Waals surface area contributed by atoms with E-state index in [1.54, 1.807) is 6.92 Å². The quantitative estimate of drug-likeness (QED) is 0.451. The SMILES string of the molecule is CCCCC(=O)CS(C)(C)OS(=O)(=O)C(F)(F)C(F)(F)C(F)(F)C(F)(F)F. The minimum atomic E-state index is -7.36. The third-order valence-corrected chi connectivity index (χ3v) is 7.11. The van der Waals surface area contributed by atoms with Crippen LogP contribution in [-0.2, 0) is 18.5 Å². The monoisotopic (exact) mass is 460 g/mol. The molecule has 0 aromatic carbocycles. The van der Waals surface area contributed by atoms with Crippen LogP contribution in [0.1, 0.15) is 26.2 Å². The molecule has 0 aliphatic rings. The number of Topliss-reactive ketones (excluding diaryl/α,β-unsaturated/α-hetero) is 1. The van der Waals surface area contributed by atoms with Gasteiger partial charge in [-0.05, 0) is 18.9 Å². The van der Waals surface area contributed by atoms with Crippen molar-refractivity contribution in [2.24, 2.45) is 0 Å². The molecule has 0 spiro atoms. The van der Waals surface area contributed by atoms with Crippen LogP contribution in [0.4, 0.5) is 39.5 Å². The molecule has 0 N–H and O–H groups in total. The molecule has 4 nitrogen and oxygen atoms in total. The molecule has 15 heteroatoms. The number of unbranched alkanes of at least 4 members (excludes halogenated alkanes) is 1. The topological polar surface area (TPSA) is 60.4 Å². The van der Waals surface area contributed by atoms with E-state index in [0.29, 0.717) is 12.8 Å². The van der Waals surface area contributed by atoms with Gasteiger partial charge in [0, 0.05) is 6.42 Å². The fraction of sp³-hybridized carbons (Fsp3) is 0.917. The number of hydrogen-bond acceptors (Lipinski definition) is 4. The van der Waals surface area contributed by atoms with Gasteiger partial charge in [0.25, 0.3) is 0 Å².